The van der Waals surface area contributed by atoms with Crippen molar-refractivity contribution in [3.63, 3.8) is 0 Å². The van der Waals surface area contributed by atoms with Gasteiger partial charge >= 0.3 is 19.5 Å². The van der Waals surface area contributed by atoms with Crippen molar-refractivity contribution in [1.29, 1.82) is 0 Å². The van der Waals surface area contributed by atoms with E-state index in [0.29, 0.717) is 42.5 Å². The van der Waals surface area contributed by atoms with E-state index in [1.165, 1.54) is 48.5 Å². The van der Waals surface area contributed by atoms with E-state index in [9.17, 15) is 33.3 Å². The highest BCUT2D eigenvalue weighted by molar-refractivity contribution is 7.65. The first kappa shape index (κ1) is 47.5. The zero-order valence-electron chi connectivity index (χ0n) is 30.7. The molecule has 0 bridgehead atoms. The van der Waals surface area contributed by atoms with Gasteiger partial charge in [-0.1, -0.05) is 17.2 Å². The lowest BCUT2D eigenvalue weighted by Gasteiger charge is -2.15. The Hall–Kier alpha value is -6.69. The molecule has 2 fully saturated rings. The Kier molecular flexibility index (Phi) is 20.8. The number of ether oxygens (including phenoxy) is 1. The molecule has 0 radical (unpaired) electrons. The molecule has 0 spiro atoms. The number of anilines is 1. The molecular weight excluding hydrogens is 792 g/mol. The number of hydroxylamine groups is 2. The van der Waals surface area contributed by atoms with Crippen molar-refractivity contribution in [2.75, 3.05) is 24.9 Å². The number of carbonyl (C=O) groups excluding carboxylic acids is 6. The smallest absolute Gasteiger partial charge is 0.367 e. The topological polar surface area (TPSA) is 230 Å². The fourth-order valence-electron chi connectivity index (χ4n) is 4.18. The standard InChI is InChI=1S/C17H15N2O6P.C12H9N3O4.C10H11O2P/c1-3-5-12-24-26(23,4-2)18-14-8-6-13(7-9-14)17(22)25-19-15(20)10-11-16(19)21;13-15-14-8-3-1-7(2-4-8)12(18)19-11-9(16)5-6-10(11)17;1-4-7-9-11-13(6-3)12-10-8-5-2/h1-2,6-9H,5,10-12H2,(H,18,23);1-4,11H,5-6H2;1-3H,7-10H2. The predicted octanol–water partition coefficient (Wildman–Crippen LogP) is 6.20. The lowest BCUT2D eigenvalue weighted by atomic mass is 10.2. The normalized spacial score (nSPS) is 14.0. The highest BCUT2D eigenvalue weighted by Crippen LogP contribution is 2.45. The van der Waals surface area contributed by atoms with Gasteiger partial charge in [0.15, 0.2) is 11.6 Å². The third kappa shape index (κ3) is 16.2. The number of Topliss-reactive ketones (excluding diaryl/α,β-unsaturated/α-hetero) is 2. The summed E-state index contributed by atoms with van der Waals surface area (Å²) in [6, 6.07) is 11.3. The Morgan fingerprint density at radius 2 is 1.29 bits per heavy atom. The van der Waals surface area contributed by atoms with Crippen molar-refractivity contribution >= 4 is 62.6 Å². The van der Waals surface area contributed by atoms with E-state index >= 15 is 0 Å². The molecule has 1 saturated carbocycles. The van der Waals surface area contributed by atoms with Gasteiger partial charge in [-0.3, -0.25) is 23.7 Å². The molecule has 1 unspecified atom stereocenters. The molecule has 2 aliphatic rings. The number of carbonyl (C=O) groups is 6. The Labute approximate surface area is 335 Å². The average Bonchev–Trinajstić information content (AvgIpc) is 3.72. The molecule has 1 N–H and O–H groups in total. The molecule has 2 amide bonds. The number of esters is 1. The van der Waals surface area contributed by atoms with E-state index in [-0.39, 0.29) is 61.4 Å². The summed E-state index contributed by atoms with van der Waals surface area (Å²) in [5.74, 6) is 3.73. The van der Waals surface area contributed by atoms with E-state index < -0.39 is 45.8 Å². The average molecular weight is 828 g/mol. The zero-order valence-corrected chi connectivity index (χ0v) is 32.5. The molecule has 4 rings (SSSR count). The van der Waals surface area contributed by atoms with Crippen molar-refractivity contribution < 1.29 is 56.5 Å². The summed E-state index contributed by atoms with van der Waals surface area (Å²) in [6.45, 7) is 0.901. The Morgan fingerprint density at radius 1 is 0.793 bits per heavy atom. The second-order valence-electron chi connectivity index (χ2n) is 11.0. The van der Waals surface area contributed by atoms with Crippen LogP contribution in [0.2, 0.25) is 0 Å². The van der Waals surface area contributed by atoms with E-state index in [1.807, 2.05) is 0 Å². The molecule has 1 atom stereocenters. The van der Waals surface area contributed by atoms with Gasteiger partial charge in [0.2, 0.25) is 6.10 Å². The van der Waals surface area contributed by atoms with Crippen LogP contribution < -0.4 is 5.09 Å². The zero-order chi connectivity index (χ0) is 42.9. The van der Waals surface area contributed by atoms with Crippen LogP contribution in [-0.2, 0) is 46.9 Å². The Morgan fingerprint density at radius 3 is 1.78 bits per heavy atom. The minimum absolute atomic E-state index is 0.00994. The number of imide groups is 1. The summed E-state index contributed by atoms with van der Waals surface area (Å²) in [7, 11) is -4.81. The third-order valence-electron chi connectivity index (χ3n) is 6.97. The number of terminal acetylenes is 5. The van der Waals surface area contributed by atoms with E-state index in [2.05, 4.69) is 44.2 Å². The fourth-order valence-corrected chi connectivity index (χ4v) is 5.96. The molecule has 19 heteroatoms. The quantitative estimate of drug-likeness (QED) is 0.0229. The van der Waals surface area contributed by atoms with Crippen molar-refractivity contribution in [2.45, 2.75) is 51.0 Å². The van der Waals surface area contributed by atoms with Crippen molar-refractivity contribution in [2.24, 2.45) is 5.11 Å². The van der Waals surface area contributed by atoms with Crippen LogP contribution in [0.1, 0.15) is 65.7 Å². The molecule has 0 aromatic heterocycles. The van der Waals surface area contributed by atoms with E-state index in [1.54, 1.807) is 0 Å². The molecule has 1 heterocycles. The summed E-state index contributed by atoms with van der Waals surface area (Å²) < 4.78 is 32.7. The van der Waals surface area contributed by atoms with Gasteiger partial charge in [0, 0.05) is 66.9 Å². The first-order valence-corrected chi connectivity index (χ1v) is 19.6. The van der Waals surface area contributed by atoms with Gasteiger partial charge in [0.1, 0.15) is 0 Å². The van der Waals surface area contributed by atoms with Gasteiger partial charge in [0.25, 0.3) is 20.2 Å². The van der Waals surface area contributed by atoms with Crippen molar-refractivity contribution in [3.05, 3.63) is 70.1 Å². The van der Waals surface area contributed by atoms with E-state index in [0.717, 1.165) is 0 Å². The highest BCUT2D eigenvalue weighted by atomic mass is 31.2. The predicted molar refractivity (Wildman–Crippen MR) is 211 cm³/mol. The minimum Gasteiger partial charge on any atom is -0.443 e. The molecule has 58 heavy (non-hydrogen) atoms. The summed E-state index contributed by atoms with van der Waals surface area (Å²) in [5, 5.41) is 6.39. The fraction of sp³-hybridized carbons (Fsp3) is 0.282. The van der Waals surface area contributed by atoms with Gasteiger partial charge in [-0.25, -0.2) is 9.59 Å². The lowest BCUT2D eigenvalue weighted by molar-refractivity contribution is -0.172. The third-order valence-corrected chi connectivity index (χ3v) is 9.46. The molecule has 2 aromatic carbocycles. The number of amides is 2. The number of nitrogens with zero attached hydrogens (tertiary/aromatic N) is 4. The number of benzene rings is 2. The summed E-state index contributed by atoms with van der Waals surface area (Å²) in [4.78, 5) is 76.7. The molecule has 1 aliphatic heterocycles. The number of hydrogen-bond donors (Lipinski definition) is 1. The largest absolute Gasteiger partial charge is 0.443 e. The number of ketones is 2. The van der Waals surface area contributed by atoms with Crippen LogP contribution in [0.25, 0.3) is 10.4 Å². The Balaban J connectivity index is 0.000000319. The van der Waals surface area contributed by atoms with Crippen LogP contribution in [0.15, 0.2) is 53.6 Å². The number of azide groups is 1. The molecule has 17 nitrogen and oxygen atoms in total. The van der Waals surface area contributed by atoms with Gasteiger partial charge in [-0.2, -0.15) is 0 Å². The number of nitrogens with one attached hydrogen (secondary N) is 1. The van der Waals surface area contributed by atoms with Crippen LogP contribution in [-0.4, -0.2) is 66.3 Å². The maximum Gasteiger partial charge on any atom is 0.367 e. The summed E-state index contributed by atoms with van der Waals surface area (Å²) in [6.07, 6.45) is 25.9. The molecular formula is C39H35N5O12P2. The first-order valence-electron chi connectivity index (χ1n) is 16.8. The van der Waals surface area contributed by atoms with Crippen molar-refractivity contribution in [1.82, 2.24) is 5.06 Å². The number of rotatable bonds is 16. The second kappa shape index (κ2) is 25.5. The molecule has 1 saturated heterocycles. The van der Waals surface area contributed by atoms with Crippen LogP contribution in [0.4, 0.5) is 11.4 Å². The minimum atomic E-state index is -3.56. The Bertz CT molecular complexity index is 2080. The molecule has 2 aromatic rings. The van der Waals surface area contributed by atoms with Crippen molar-refractivity contribution in [3.8, 4) is 61.2 Å². The van der Waals surface area contributed by atoms with Crippen LogP contribution in [0.5, 0.6) is 0 Å². The lowest BCUT2D eigenvalue weighted by Crippen LogP contribution is -2.32. The SMILES string of the molecule is C#CCCOP(=O)(C#C)Nc1ccc(C(=O)ON2C(=O)CCC2=O)cc1.C#CCCOP(C#C)OCCC#C.[N-]=[N+]=Nc1ccc(C(=O)OC2C(=O)CCC2=O)cc1. The monoisotopic (exact) mass is 827 g/mol. The van der Waals surface area contributed by atoms with Crippen LogP contribution >= 0.6 is 15.9 Å². The summed E-state index contributed by atoms with van der Waals surface area (Å²) >= 11 is 0. The second-order valence-corrected chi connectivity index (χ2v) is 14.2. The van der Waals surface area contributed by atoms with Crippen LogP contribution in [0.3, 0.4) is 0 Å². The molecule has 1 aliphatic carbocycles. The van der Waals surface area contributed by atoms with Crippen LogP contribution in [0, 0.1) is 61.2 Å². The van der Waals surface area contributed by atoms with Gasteiger partial charge < -0.3 is 28.2 Å². The van der Waals surface area contributed by atoms with Gasteiger partial charge in [0.05, 0.1) is 30.9 Å². The summed E-state index contributed by atoms with van der Waals surface area (Å²) in [5.41, 5.74) is 13.7. The number of hydrogen-bond acceptors (Lipinski definition) is 13. The maximum atomic E-state index is 12.3. The molecule has 298 valence electrons. The maximum absolute atomic E-state index is 12.3. The van der Waals surface area contributed by atoms with Gasteiger partial charge in [-0.15, -0.1) is 54.9 Å². The highest BCUT2D eigenvalue weighted by Gasteiger charge is 2.36. The van der Waals surface area contributed by atoms with E-state index in [4.69, 9.17) is 60.8 Å². The first-order chi connectivity index (χ1) is 27.8. The van der Waals surface area contributed by atoms with Gasteiger partial charge in [-0.05, 0) is 47.6 Å².